The largest absolute Gasteiger partial charge is 0.462 e. The average molecular weight is 473 g/mol. The minimum absolute atomic E-state index is 0.243. The van der Waals surface area contributed by atoms with Gasteiger partial charge in [0, 0.05) is 10.2 Å². The zero-order valence-electron chi connectivity index (χ0n) is 16.8. The van der Waals surface area contributed by atoms with E-state index in [1.807, 2.05) is 0 Å². The molecule has 8 heteroatoms. The minimum atomic E-state index is -0.881. The van der Waals surface area contributed by atoms with Gasteiger partial charge in [0.05, 0.1) is 23.4 Å². The van der Waals surface area contributed by atoms with E-state index in [2.05, 4.69) is 21.2 Å². The lowest BCUT2D eigenvalue weighted by Gasteiger charge is -2.27. The summed E-state index contributed by atoms with van der Waals surface area (Å²) in [6.07, 6.45) is 0.303. The SMILES string of the molecule is CCOC(=O)c1cccc(NC(=O)C(CC)N2C(=O)C(=O)c3cc(Br)cc(C)c32)c1. The molecule has 1 heterocycles. The number of benzene rings is 2. The van der Waals surface area contributed by atoms with Crippen molar-refractivity contribution in [3.63, 3.8) is 0 Å². The van der Waals surface area contributed by atoms with Gasteiger partial charge in [-0.1, -0.05) is 28.9 Å². The third kappa shape index (κ3) is 4.00. The Morgan fingerprint density at radius 3 is 2.57 bits per heavy atom. The number of amides is 2. The number of carbonyl (C=O) groups is 4. The average Bonchev–Trinajstić information content (AvgIpc) is 2.94. The van der Waals surface area contributed by atoms with Crippen LogP contribution in [0.1, 0.15) is 46.5 Å². The van der Waals surface area contributed by atoms with Crippen LogP contribution in [0.15, 0.2) is 40.9 Å². The molecular formula is C22H21BrN2O5. The number of rotatable bonds is 6. The van der Waals surface area contributed by atoms with Crippen molar-refractivity contribution >= 4 is 50.9 Å². The highest BCUT2D eigenvalue weighted by Crippen LogP contribution is 2.37. The molecule has 2 amide bonds. The summed E-state index contributed by atoms with van der Waals surface area (Å²) in [5, 5.41) is 2.74. The molecule has 0 fully saturated rings. The molecule has 0 spiro atoms. The van der Waals surface area contributed by atoms with Crippen molar-refractivity contribution in [2.24, 2.45) is 0 Å². The van der Waals surface area contributed by atoms with Crippen molar-refractivity contribution in [1.82, 2.24) is 0 Å². The van der Waals surface area contributed by atoms with Gasteiger partial charge < -0.3 is 10.1 Å². The van der Waals surface area contributed by atoms with E-state index >= 15 is 0 Å². The number of Topliss-reactive ketones (excluding diaryl/α,β-unsaturated/α-hetero) is 1. The van der Waals surface area contributed by atoms with Gasteiger partial charge in [-0.3, -0.25) is 19.3 Å². The molecule has 1 unspecified atom stereocenters. The first-order valence-electron chi connectivity index (χ1n) is 9.54. The van der Waals surface area contributed by atoms with Gasteiger partial charge in [-0.2, -0.15) is 0 Å². The molecule has 156 valence electrons. The maximum atomic E-state index is 13.0. The molecule has 0 radical (unpaired) electrons. The molecule has 1 aliphatic rings. The molecule has 3 rings (SSSR count). The molecule has 2 aromatic carbocycles. The van der Waals surface area contributed by atoms with Crippen molar-refractivity contribution in [3.8, 4) is 0 Å². The predicted octanol–water partition coefficient (Wildman–Crippen LogP) is 3.88. The molecule has 1 N–H and O–H groups in total. The number of aryl methyl sites for hydroxylation is 1. The van der Waals surface area contributed by atoms with Gasteiger partial charge in [0.2, 0.25) is 5.91 Å². The Balaban J connectivity index is 1.90. The van der Waals surface area contributed by atoms with Crippen LogP contribution in [0.3, 0.4) is 0 Å². The Morgan fingerprint density at radius 2 is 1.90 bits per heavy atom. The molecule has 1 aliphatic heterocycles. The summed E-state index contributed by atoms with van der Waals surface area (Å²) in [4.78, 5) is 51.5. The van der Waals surface area contributed by atoms with Gasteiger partial charge in [-0.15, -0.1) is 0 Å². The van der Waals surface area contributed by atoms with Crippen LogP contribution in [0.5, 0.6) is 0 Å². The van der Waals surface area contributed by atoms with E-state index in [4.69, 9.17) is 4.74 Å². The normalized spacial score (nSPS) is 13.8. The molecular weight excluding hydrogens is 452 g/mol. The summed E-state index contributed by atoms with van der Waals surface area (Å²) in [5.74, 6) is -2.30. The van der Waals surface area contributed by atoms with Crippen molar-refractivity contribution in [2.75, 3.05) is 16.8 Å². The minimum Gasteiger partial charge on any atom is -0.462 e. The van der Waals surface area contributed by atoms with Crippen molar-refractivity contribution in [1.29, 1.82) is 0 Å². The lowest BCUT2D eigenvalue weighted by molar-refractivity contribution is -0.121. The number of halogens is 1. The number of carbonyl (C=O) groups excluding carboxylic acids is 4. The molecule has 7 nitrogen and oxygen atoms in total. The lowest BCUT2D eigenvalue weighted by atomic mass is 10.1. The van der Waals surface area contributed by atoms with Gasteiger partial charge in [0.25, 0.3) is 11.7 Å². The van der Waals surface area contributed by atoms with Crippen LogP contribution in [0.4, 0.5) is 11.4 Å². The summed E-state index contributed by atoms with van der Waals surface area (Å²) in [7, 11) is 0. The van der Waals surface area contributed by atoms with Crippen LogP contribution >= 0.6 is 15.9 Å². The van der Waals surface area contributed by atoms with Crippen LogP contribution in [0, 0.1) is 6.92 Å². The second-order valence-electron chi connectivity index (χ2n) is 6.84. The van der Waals surface area contributed by atoms with E-state index in [0.717, 1.165) is 0 Å². The van der Waals surface area contributed by atoms with E-state index in [0.29, 0.717) is 33.4 Å². The second-order valence-corrected chi connectivity index (χ2v) is 7.75. The lowest BCUT2D eigenvalue weighted by Crippen LogP contribution is -2.46. The molecule has 2 aromatic rings. The fourth-order valence-corrected chi connectivity index (χ4v) is 4.07. The highest BCUT2D eigenvalue weighted by atomic mass is 79.9. The van der Waals surface area contributed by atoms with Crippen LogP contribution in [0.25, 0.3) is 0 Å². The number of hydrogen-bond acceptors (Lipinski definition) is 5. The van der Waals surface area contributed by atoms with Crippen LogP contribution < -0.4 is 10.2 Å². The number of anilines is 2. The first-order chi connectivity index (χ1) is 14.3. The Morgan fingerprint density at radius 1 is 1.17 bits per heavy atom. The number of esters is 1. The number of ether oxygens (including phenoxy) is 1. The second kappa shape index (κ2) is 8.79. The fourth-order valence-electron chi connectivity index (χ4n) is 3.50. The molecule has 0 bridgehead atoms. The maximum Gasteiger partial charge on any atom is 0.338 e. The first-order valence-corrected chi connectivity index (χ1v) is 10.3. The van der Waals surface area contributed by atoms with E-state index in [-0.39, 0.29) is 12.2 Å². The quantitative estimate of drug-likeness (QED) is 0.508. The van der Waals surface area contributed by atoms with Gasteiger partial charge >= 0.3 is 5.97 Å². The number of fused-ring (bicyclic) bond motifs is 1. The summed E-state index contributed by atoms with van der Waals surface area (Å²) in [6.45, 7) is 5.51. The van der Waals surface area contributed by atoms with E-state index in [9.17, 15) is 19.2 Å². The number of nitrogens with one attached hydrogen (secondary N) is 1. The summed E-state index contributed by atoms with van der Waals surface area (Å²) >= 11 is 3.34. The zero-order valence-corrected chi connectivity index (χ0v) is 18.4. The summed E-state index contributed by atoms with van der Waals surface area (Å²) < 4.78 is 5.67. The third-order valence-corrected chi connectivity index (χ3v) is 5.26. The molecule has 0 saturated carbocycles. The van der Waals surface area contributed by atoms with Gasteiger partial charge in [0.15, 0.2) is 0 Å². The van der Waals surface area contributed by atoms with Crippen molar-refractivity contribution in [2.45, 2.75) is 33.2 Å². The standard InChI is InChI=1S/C22H21BrN2O5/c1-4-17(20(27)24-15-8-6-7-13(10-15)22(29)30-5-2)25-18-12(3)9-14(23)11-16(18)19(26)21(25)28/h6-11,17H,4-5H2,1-3H3,(H,24,27). The van der Waals surface area contributed by atoms with E-state index in [1.165, 1.54) is 11.0 Å². The van der Waals surface area contributed by atoms with Crippen LogP contribution in [-0.2, 0) is 14.3 Å². The van der Waals surface area contributed by atoms with Gasteiger partial charge in [-0.25, -0.2) is 4.79 Å². The first kappa shape index (κ1) is 21.7. The van der Waals surface area contributed by atoms with Gasteiger partial charge in [0.1, 0.15) is 6.04 Å². The summed E-state index contributed by atoms with van der Waals surface area (Å²) in [6, 6.07) is 8.88. The number of hydrogen-bond donors (Lipinski definition) is 1. The third-order valence-electron chi connectivity index (χ3n) is 4.81. The predicted molar refractivity (Wildman–Crippen MR) is 116 cm³/mol. The Bertz CT molecular complexity index is 1050. The number of ketones is 1. The van der Waals surface area contributed by atoms with E-state index < -0.39 is 29.6 Å². The fraction of sp³-hybridized carbons (Fsp3) is 0.273. The maximum absolute atomic E-state index is 13.0. The molecule has 30 heavy (non-hydrogen) atoms. The van der Waals surface area contributed by atoms with Crippen molar-refractivity contribution < 1.29 is 23.9 Å². The van der Waals surface area contributed by atoms with Crippen molar-refractivity contribution in [3.05, 3.63) is 57.6 Å². The molecule has 0 saturated heterocycles. The smallest absolute Gasteiger partial charge is 0.338 e. The molecule has 1 atom stereocenters. The zero-order chi connectivity index (χ0) is 22.0. The highest BCUT2D eigenvalue weighted by Gasteiger charge is 2.43. The Kier molecular flexibility index (Phi) is 6.36. The topological polar surface area (TPSA) is 92.8 Å². The van der Waals surface area contributed by atoms with Crippen LogP contribution in [0.2, 0.25) is 0 Å². The highest BCUT2D eigenvalue weighted by molar-refractivity contribution is 9.10. The van der Waals surface area contributed by atoms with E-state index in [1.54, 1.807) is 51.1 Å². The molecule has 0 aliphatic carbocycles. The Labute approximate surface area is 182 Å². The summed E-state index contributed by atoms with van der Waals surface area (Å²) in [5.41, 5.74) is 2.16. The number of nitrogens with zero attached hydrogens (tertiary/aromatic N) is 1. The van der Waals surface area contributed by atoms with Gasteiger partial charge in [-0.05, 0) is 56.2 Å². The Hall–Kier alpha value is -3.00. The van der Waals surface area contributed by atoms with Crippen LogP contribution in [-0.4, -0.2) is 36.2 Å². The monoisotopic (exact) mass is 472 g/mol. The molecule has 0 aromatic heterocycles.